The van der Waals surface area contributed by atoms with Gasteiger partial charge in [-0.1, -0.05) is 0 Å². The molecule has 0 atom stereocenters. The Morgan fingerprint density at radius 2 is 1.88 bits per heavy atom. The summed E-state index contributed by atoms with van der Waals surface area (Å²) >= 11 is 0. The largest absolute Gasteiger partial charge is 0.493 e. The Bertz CT molecular complexity index is 624. The summed E-state index contributed by atoms with van der Waals surface area (Å²) in [6.45, 7) is 5.56. The van der Waals surface area contributed by atoms with Gasteiger partial charge in [-0.3, -0.25) is 9.69 Å². The van der Waals surface area contributed by atoms with Gasteiger partial charge in [0.1, 0.15) is 0 Å². The van der Waals surface area contributed by atoms with Gasteiger partial charge in [0.15, 0.2) is 11.5 Å². The minimum atomic E-state index is -0.173. The van der Waals surface area contributed by atoms with Crippen LogP contribution >= 0.6 is 0 Å². The minimum Gasteiger partial charge on any atom is -0.493 e. The Morgan fingerprint density at radius 3 is 2.52 bits per heavy atom. The number of hydrogen-bond acceptors (Lipinski definition) is 6. The van der Waals surface area contributed by atoms with Gasteiger partial charge in [0, 0.05) is 31.7 Å². The van der Waals surface area contributed by atoms with Crippen LogP contribution < -0.4 is 9.47 Å². The molecule has 6 nitrogen and oxygen atoms in total. The van der Waals surface area contributed by atoms with Crippen LogP contribution in [0.1, 0.15) is 30.9 Å². The molecule has 3 rings (SSSR count). The van der Waals surface area contributed by atoms with Crippen molar-refractivity contribution < 1.29 is 23.7 Å². The molecule has 0 aromatic heterocycles. The number of methoxy groups -OCH3 is 2. The molecule has 0 bridgehead atoms. The third-order valence-electron chi connectivity index (χ3n) is 5.21. The maximum absolute atomic E-state index is 12.0. The average molecular weight is 349 g/mol. The van der Waals surface area contributed by atoms with Crippen molar-refractivity contribution in [1.82, 2.24) is 4.90 Å². The van der Waals surface area contributed by atoms with Crippen molar-refractivity contribution in [3.8, 4) is 11.5 Å². The molecule has 2 aliphatic rings. The van der Waals surface area contributed by atoms with Crippen molar-refractivity contribution >= 4 is 5.97 Å². The molecule has 0 unspecified atom stereocenters. The van der Waals surface area contributed by atoms with Gasteiger partial charge in [-0.2, -0.15) is 0 Å². The molecule has 1 aromatic rings. The summed E-state index contributed by atoms with van der Waals surface area (Å²) in [5.41, 5.74) is 2.47. The molecule has 0 saturated carbocycles. The van der Waals surface area contributed by atoms with Gasteiger partial charge < -0.3 is 18.9 Å². The first-order valence-electron chi connectivity index (χ1n) is 8.83. The molecule has 1 aromatic carbocycles. The predicted octanol–water partition coefficient (Wildman–Crippen LogP) is 2.13. The fraction of sp³-hybridized carbons (Fsp3) is 0.632. The quantitative estimate of drug-likeness (QED) is 0.759. The summed E-state index contributed by atoms with van der Waals surface area (Å²) in [6, 6.07) is 4.16. The van der Waals surface area contributed by atoms with Crippen molar-refractivity contribution in [1.29, 1.82) is 0 Å². The highest BCUT2D eigenvalue weighted by Crippen LogP contribution is 2.45. The molecule has 1 fully saturated rings. The number of esters is 1. The number of hydrogen-bond donors (Lipinski definition) is 0. The average Bonchev–Trinajstić information content (AvgIpc) is 2.61. The number of benzene rings is 1. The highest BCUT2D eigenvalue weighted by molar-refractivity contribution is 5.71. The van der Waals surface area contributed by atoms with Crippen LogP contribution in [0.2, 0.25) is 0 Å². The zero-order valence-electron chi connectivity index (χ0n) is 15.3. The summed E-state index contributed by atoms with van der Waals surface area (Å²) in [6.07, 6.45) is 1.88. The number of fused-ring (bicyclic) bond motifs is 2. The predicted molar refractivity (Wildman–Crippen MR) is 93.2 cm³/mol. The Hall–Kier alpha value is -1.79. The van der Waals surface area contributed by atoms with Gasteiger partial charge in [0.2, 0.25) is 0 Å². The third kappa shape index (κ3) is 3.60. The summed E-state index contributed by atoms with van der Waals surface area (Å²) in [7, 11) is 3.31. The highest BCUT2D eigenvalue weighted by atomic mass is 16.5. The molecular weight excluding hydrogens is 322 g/mol. The lowest BCUT2D eigenvalue weighted by Gasteiger charge is -2.46. The van der Waals surface area contributed by atoms with E-state index in [2.05, 4.69) is 11.0 Å². The first-order valence-corrected chi connectivity index (χ1v) is 8.83. The first kappa shape index (κ1) is 18.0. The number of nitrogens with zero attached hydrogens (tertiary/aromatic N) is 1. The highest BCUT2D eigenvalue weighted by Gasteiger charge is 2.42. The number of ether oxygens (including phenoxy) is 4. The third-order valence-corrected chi connectivity index (χ3v) is 5.21. The molecule has 138 valence electrons. The van der Waals surface area contributed by atoms with Crippen LogP contribution in [0.15, 0.2) is 12.1 Å². The lowest BCUT2D eigenvalue weighted by molar-refractivity contribution is -0.145. The molecule has 0 amide bonds. The van der Waals surface area contributed by atoms with Crippen LogP contribution in [0.25, 0.3) is 0 Å². The van der Waals surface area contributed by atoms with Crippen LogP contribution in [0.3, 0.4) is 0 Å². The zero-order chi connectivity index (χ0) is 17.9. The van der Waals surface area contributed by atoms with E-state index in [1.54, 1.807) is 14.2 Å². The molecule has 0 radical (unpaired) electrons. The molecule has 1 saturated heterocycles. The van der Waals surface area contributed by atoms with Gasteiger partial charge >= 0.3 is 5.97 Å². The van der Waals surface area contributed by atoms with Crippen LogP contribution in [0, 0.1) is 0 Å². The molecular formula is C19H27NO5. The normalized spacial score (nSPS) is 19.3. The van der Waals surface area contributed by atoms with Gasteiger partial charge in [-0.25, -0.2) is 0 Å². The van der Waals surface area contributed by atoms with E-state index in [0.717, 1.165) is 44.1 Å². The smallest absolute Gasteiger partial charge is 0.320 e. The lowest BCUT2D eigenvalue weighted by atomic mass is 9.70. The van der Waals surface area contributed by atoms with Gasteiger partial charge in [0.05, 0.1) is 27.4 Å². The Kier molecular flexibility index (Phi) is 5.49. The molecule has 2 heterocycles. The van der Waals surface area contributed by atoms with E-state index >= 15 is 0 Å². The van der Waals surface area contributed by atoms with Crippen molar-refractivity contribution in [2.75, 3.05) is 47.1 Å². The summed E-state index contributed by atoms with van der Waals surface area (Å²) in [5, 5.41) is 0. The topological polar surface area (TPSA) is 57.2 Å². The summed E-state index contributed by atoms with van der Waals surface area (Å²) < 4.78 is 21.7. The Morgan fingerprint density at radius 1 is 1.20 bits per heavy atom. The monoisotopic (exact) mass is 349 g/mol. The van der Waals surface area contributed by atoms with E-state index in [1.165, 1.54) is 11.1 Å². The second-order valence-electron chi connectivity index (χ2n) is 6.71. The Labute approximate surface area is 149 Å². The number of carbonyl (C=O) groups is 1. The van der Waals surface area contributed by atoms with Gasteiger partial charge in [-0.05, 0) is 43.0 Å². The van der Waals surface area contributed by atoms with E-state index < -0.39 is 0 Å². The summed E-state index contributed by atoms with van der Waals surface area (Å²) in [5.74, 6) is 1.31. The van der Waals surface area contributed by atoms with Crippen molar-refractivity contribution in [2.24, 2.45) is 0 Å². The first-order chi connectivity index (χ1) is 12.1. The van der Waals surface area contributed by atoms with Crippen LogP contribution in [0.5, 0.6) is 11.5 Å². The zero-order valence-corrected chi connectivity index (χ0v) is 15.3. The van der Waals surface area contributed by atoms with E-state index in [9.17, 15) is 4.79 Å². The van der Waals surface area contributed by atoms with Crippen LogP contribution in [-0.4, -0.2) is 58.0 Å². The maximum atomic E-state index is 12.0. The SMILES string of the molecule is CCOC(=O)CN1Cc2cc(OC)c(OC)cc2C2(CCOCC2)C1. The molecule has 25 heavy (non-hydrogen) atoms. The molecule has 0 N–H and O–H groups in total. The molecule has 0 aliphatic carbocycles. The fourth-order valence-electron chi connectivity index (χ4n) is 4.05. The molecule has 6 heteroatoms. The molecule has 2 aliphatic heterocycles. The minimum absolute atomic E-state index is 0.0160. The standard InChI is InChI=1S/C19H27NO5/c1-4-25-18(21)12-20-11-14-9-16(22-2)17(23-3)10-15(14)19(13-20)5-7-24-8-6-19/h9-10H,4-8,11-13H2,1-3H3. The number of rotatable bonds is 5. The van der Waals surface area contributed by atoms with Gasteiger partial charge in [-0.15, -0.1) is 0 Å². The van der Waals surface area contributed by atoms with E-state index in [-0.39, 0.29) is 11.4 Å². The Balaban J connectivity index is 1.96. The van der Waals surface area contributed by atoms with E-state index in [4.69, 9.17) is 18.9 Å². The second kappa shape index (κ2) is 7.62. The number of carbonyl (C=O) groups excluding carboxylic acids is 1. The van der Waals surface area contributed by atoms with Crippen LogP contribution in [0.4, 0.5) is 0 Å². The summed E-state index contributed by atoms with van der Waals surface area (Å²) in [4.78, 5) is 14.2. The molecule has 1 spiro atoms. The van der Waals surface area contributed by atoms with E-state index in [1.807, 2.05) is 13.0 Å². The maximum Gasteiger partial charge on any atom is 0.320 e. The van der Waals surface area contributed by atoms with Gasteiger partial charge in [0.25, 0.3) is 0 Å². The van der Waals surface area contributed by atoms with Crippen molar-refractivity contribution in [3.63, 3.8) is 0 Å². The van der Waals surface area contributed by atoms with E-state index in [0.29, 0.717) is 19.7 Å². The van der Waals surface area contributed by atoms with Crippen molar-refractivity contribution in [2.45, 2.75) is 31.7 Å². The van der Waals surface area contributed by atoms with Crippen molar-refractivity contribution in [3.05, 3.63) is 23.3 Å². The second-order valence-corrected chi connectivity index (χ2v) is 6.71. The lowest BCUT2D eigenvalue weighted by Crippen LogP contribution is -2.50. The fourth-order valence-corrected chi connectivity index (χ4v) is 4.05. The van der Waals surface area contributed by atoms with Crippen LogP contribution in [-0.2, 0) is 26.2 Å².